The lowest BCUT2D eigenvalue weighted by molar-refractivity contribution is 0.104. The molecule has 0 aromatic carbocycles. The lowest BCUT2D eigenvalue weighted by atomic mass is 10.2. The molecule has 8 heteroatoms. The highest BCUT2D eigenvalue weighted by atomic mass is 16.5. The average molecular weight is 372 g/mol. The minimum atomic E-state index is 0.0331. The Labute approximate surface area is 159 Å². The third-order valence-corrected chi connectivity index (χ3v) is 5.50. The van der Waals surface area contributed by atoms with E-state index in [9.17, 15) is 4.79 Å². The van der Waals surface area contributed by atoms with Crippen LogP contribution in [0.2, 0.25) is 0 Å². The normalized spacial score (nSPS) is 21.1. The molecule has 0 radical (unpaired) electrons. The predicted octanol–water partition coefficient (Wildman–Crippen LogP) is 1.25. The van der Waals surface area contributed by atoms with Gasteiger partial charge >= 0.3 is 6.03 Å². The number of fused-ring (bicyclic) bond motifs is 1. The van der Waals surface area contributed by atoms with Gasteiger partial charge in [0.2, 0.25) is 0 Å². The number of nitrogens with zero attached hydrogens (tertiary/aromatic N) is 5. The highest BCUT2D eigenvalue weighted by Gasteiger charge is 2.23. The fourth-order valence-corrected chi connectivity index (χ4v) is 3.87. The minimum absolute atomic E-state index is 0.0331. The van der Waals surface area contributed by atoms with E-state index in [0.717, 1.165) is 75.7 Å². The van der Waals surface area contributed by atoms with Gasteiger partial charge < -0.3 is 19.5 Å². The van der Waals surface area contributed by atoms with Gasteiger partial charge in [-0.2, -0.15) is 0 Å². The second-order valence-electron chi connectivity index (χ2n) is 7.31. The number of aryl methyl sites for hydroxylation is 1. The number of nitrogens with one attached hydrogen (secondary N) is 1. The molecule has 4 rings (SSSR count). The Morgan fingerprint density at radius 3 is 2.93 bits per heavy atom. The van der Waals surface area contributed by atoms with Crippen molar-refractivity contribution in [1.82, 2.24) is 29.7 Å². The van der Waals surface area contributed by atoms with E-state index in [1.54, 1.807) is 0 Å². The summed E-state index contributed by atoms with van der Waals surface area (Å²) in [5.41, 5.74) is 1.89. The fourth-order valence-electron chi connectivity index (χ4n) is 3.87. The van der Waals surface area contributed by atoms with Gasteiger partial charge in [-0.05, 0) is 31.9 Å². The van der Waals surface area contributed by atoms with Crippen LogP contribution < -0.4 is 5.32 Å². The number of amides is 2. The van der Waals surface area contributed by atoms with E-state index in [-0.39, 0.29) is 12.1 Å². The monoisotopic (exact) mass is 372 g/mol. The van der Waals surface area contributed by atoms with Crippen LogP contribution in [0.25, 0.3) is 11.2 Å². The standard InChI is InChI=1S/C19H28N6O2/c1-15-22-17-5-2-6-20-18(17)25(15)12-9-23-7-10-24(11-8-23)19(26)21-14-16-4-3-13-27-16/h2,5-6,16H,3-4,7-14H2,1H3,(H,21,26). The summed E-state index contributed by atoms with van der Waals surface area (Å²) in [5, 5.41) is 3.01. The zero-order chi connectivity index (χ0) is 18.6. The van der Waals surface area contributed by atoms with Gasteiger partial charge in [0.05, 0.1) is 6.10 Å². The molecule has 0 saturated carbocycles. The molecule has 2 aliphatic heterocycles. The quantitative estimate of drug-likeness (QED) is 0.855. The van der Waals surface area contributed by atoms with E-state index in [1.165, 1.54) is 0 Å². The van der Waals surface area contributed by atoms with Crippen LogP contribution in [0, 0.1) is 6.92 Å². The zero-order valence-electron chi connectivity index (χ0n) is 15.9. The molecule has 2 aromatic heterocycles. The van der Waals surface area contributed by atoms with Crippen LogP contribution >= 0.6 is 0 Å². The SMILES string of the molecule is Cc1nc2cccnc2n1CCN1CCN(C(=O)NCC2CCCO2)CC1. The maximum atomic E-state index is 12.3. The van der Waals surface area contributed by atoms with Gasteiger partial charge in [-0.25, -0.2) is 14.8 Å². The van der Waals surface area contributed by atoms with E-state index < -0.39 is 0 Å². The molecule has 2 saturated heterocycles. The van der Waals surface area contributed by atoms with Gasteiger partial charge in [-0.15, -0.1) is 0 Å². The number of carbonyl (C=O) groups excluding carboxylic acids is 1. The lowest BCUT2D eigenvalue weighted by Gasteiger charge is -2.35. The topological polar surface area (TPSA) is 75.5 Å². The van der Waals surface area contributed by atoms with Gasteiger partial charge in [-0.1, -0.05) is 0 Å². The maximum absolute atomic E-state index is 12.3. The molecule has 2 fully saturated rings. The third kappa shape index (κ3) is 4.22. The highest BCUT2D eigenvalue weighted by Crippen LogP contribution is 2.13. The lowest BCUT2D eigenvalue weighted by Crippen LogP contribution is -2.53. The summed E-state index contributed by atoms with van der Waals surface area (Å²) in [6, 6.07) is 3.95. The first kappa shape index (κ1) is 18.2. The highest BCUT2D eigenvalue weighted by molar-refractivity contribution is 5.74. The van der Waals surface area contributed by atoms with Gasteiger partial charge in [-0.3, -0.25) is 4.90 Å². The van der Waals surface area contributed by atoms with Crippen LogP contribution in [0.5, 0.6) is 0 Å². The Morgan fingerprint density at radius 2 is 2.15 bits per heavy atom. The Balaban J connectivity index is 1.23. The molecular weight excluding hydrogens is 344 g/mol. The smallest absolute Gasteiger partial charge is 0.317 e. The summed E-state index contributed by atoms with van der Waals surface area (Å²) in [5.74, 6) is 0.996. The summed E-state index contributed by atoms with van der Waals surface area (Å²) in [7, 11) is 0. The van der Waals surface area contributed by atoms with Crippen molar-refractivity contribution in [2.45, 2.75) is 32.4 Å². The molecule has 1 N–H and O–H groups in total. The summed E-state index contributed by atoms with van der Waals surface area (Å²) in [6.45, 7) is 8.59. The predicted molar refractivity (Wildman–Crippen MR) is 103 cm³/mol. The van der Waals surface area contributed by atoms with E-state index in [2.05, 4.69) is 24.8 Å². The molecule has 4 heterocycles. The first-order valence-corrected chi connectivity index (χ1v) is 9.85. The van der Waals surface area contributed by atoms with Crippen molar-refractivity contribution in [2.75, 3.05) is 45.9 Å². The Bertz CT molecular complexity index is 778. The second-order valence-corrected chi connectivity index (χ2v) is 7.31. The van der Waals surface area contributed by atoms with Gasteiger partial charge in [0, 0.05) is 58.6 Å². The van der Waals surface area contributed by atoms with E-state index in [1.807, 2.05) is 30.2 Å². The molecule has 27 heavy (non-hydrogen) atoms. The minimum Gasteiger partial charge on any atom is -0.376 e. The molecule has 1 atom stereocenters. The first-order chi connectivity index (χ1) is 13.2. The number of urea groups is 1. The molecule has 2 amide bonds. The van der Waals surface area contributed by atoms with Crippen molar-refractivity contribution in [3.63, 3.8) is 0 Å². The van der Waals surface area contributed by atoms with Crippen LogP contribution in [0.3, 0.4) is 0 Å². The van der Waals surface area contributed by atoms with Crippen molar-refractivity contribution in [3.8, 4) is 0 Å². The van der Waals surface area contributed by atoms with Crippen molar-refractivity contribution in [3.05, 3.63) is 24.2 Å². The van der Waals surface area contributed by atoms with Crippen molar-refractivity contribution < 1.29 is 9.53 Å². The van der Waals surface area contributed by atoms with E-state index in [0.29, 0.717) is 6.54 Å². The molecular formula is C19H28N6O2. The van der Waals surface area contributed by atoms with E-state index >= 15 is 0 Å². The summed E-state index contributed by atoms with van der Waals surface area (Å²) < 4.78 is 7.74. The summed E-state index contributed by atoms with van der Waals surface area (Å²) in [4.78, 5) is 25.7. The van der Waals surface area contributed by atoms with Gasteiger partial charge in [0.25, 0.3) is 0 Å². The molecule has 0 bridgehead atoms. The van der Waals surface area contributed by atoms with Crippen LogP contribution in [-0.4, -0.2) is 82.3 Å². The van der Waals surface area contributed by atoms with Crippen molar-refractivity contribution in [1.29, 1.82) is 0 Å². The zero-order valence-corrected chi connectivity index (χ0v) is 15.9. The Kier molecular flexibility index (Phi) is 5.54. The average Bonchev–Trinajstić information content (AvgIpc) is 3.32. The summed E-state index contributed by atoms with van der Waals surface area (Å²) >= 11 is 0. The number of rotatable bonds is 5. The molecule has 1 unspecified atom stereocenters. The Morgan fingerprint density at radius 1 is 1.30 bits per heavy atom. The van der Waals surface area contributed by atoms with Crippen LogP contribution in [0.1, 0.15) is 18.7 Å². The molecule has 0 aliphatic carbocycles. The number of aromatic nitrogens is 3. The number of carbonyl (C=O) groups is 1. The molecule has 8 nitrogen and oxygen atoms in total. The van der Waals surface area contributed by atoms with Gasteiger partial charge in [0.15, 0.2) is 5.65 Å². The molecule has 2 aliphatic rings. The van der Waals surface area contributed by atoms with Crippen molar-refractivity contribution in [2.24, 2.45) is 0 Å². The molecule has 0 spiro atoms. The third-order valence-electron chi connectivity index (χ3n) is 5.50. The van der Waals surface area contributed by atoms with E-state index in [4.69, 9.17) is 4.74 Å². The number of imidazole rings is 1. The van der Waals surface area contributed by atoms with Crippen LogP contribution in [-0.2, 0) is 11.3 Å². The number of hydrogen-bond acceptors (Lipinski definition) is 5. The fraction of sp³-hybridized carbons (Fsp3) is 0.632. The maximum Gasteiger partial charge on any atom is 0.317 e. The molecule has 146 valence electrons. The van der Waals surface area contributed by atoms with Gasteiger partial charge in [0.1, 0.15) is 11.3 Å². The number of pyridine rings is 1. The number of hydrogen-bond donors (Lipinski definition) is 1. The Hall–Kier alpha value is -2.19. The summed E-state index contributed by atoms with van der Waals surface area (Å²) in [6.07, 6.45) is 4.15. The largest absolute Gasteiger partial charge is 0.376 e. The van der Waals surface area contributed by atoms with Crippen LogP contribution in [0.15, 0.2) is 18.3 Å². The number of piperazine rings is 1. The van der Waals surface area contributed by atoms with Crippen LogP contribution in [0.4, 0.5) is 4.79 Å². The number of ether oxygens (including phenoxy) is 1. The first-order valence-electron chi connectivity index (χ1n) is 9.85. The second kappa shape index (κ2) is 8.22. The van der Waals surface area contributed by atoms with Crippen molar-refractivity contribution >= 4 is 17.2 Å². The molecule has 2 aromatic rings.